The minimum atomic E-state index is 0.641. The van der Waals surface area contributed by atoms with Crippen molar-refractivity contribution in [1.82, 2.24) is 4.98 Å². The van der Waals surface area contributed by atoms with Crippen LogP contribution in [0.3, 0.4) is 0 Å². The maximum Gasteiger partial charge on any atom is 0.227 e. The Kier molecular flexibility index (Phi) is 5.99. The SMILES string of the molecule is c1ccc(-c2nc3ccc4ccc5ccc(-c6cccc7c(-c8ccc9c%10ccccc%10c%10ccccc%10c9c8)cccc67)cc5c4c3o2)cc1. The summed E-state index contributed by atoms with van der Waals surface area (Å²) in [5, 5.41) is 14.8. The van der Waals surface area contributed by atoms with Gasteiger partial charge in [-0.3, -0.25) is 0 Å². The molecule has 0 fully saturated rings. The van der Waals surface area contributed by atoms with E-state index in [1.54, 1.807) is 0 Å². The van der Waals surface area contributed by atoms with E-state index in [0.29, 0.717) is 5.89 Å². The molecular weight excluding hydrogens is 619 g/mol. The lowest BCUT2D eigenvalue weighted by molar-refractivity contribution is 0.623. The molecule has 1 aromatic heterocycles. The molecule has 0 aliphatic carbocycles. The lowest BCUT2D eigenvalue weighted by atomic mass is 9.89. The van der Waals surface area contributed by atoms with E-state index in [0.717, 1.165) is 32.8 Å². The molecule has 11 aromatic rings. The lowest BCUT2D eigenvalue weighted by Gasteiger charge is -2.15. The second-order valence-electron chi connectivity index (χ2n) is 13.5. The summed E-state index contributed by atoms with van der Waals surface area (Å²) in [6.45, 7) is 0. The Bertz CT molecular complexity index is 3150. The van der Waals surface area contributed by atoms with E-state index in [2.05, 4.69) is 146 Å². The molecule has 0 saturated carbocycles. The predicted octanol–water partition coefficient (Wildman–Crippen LogP) is 13.7. The van der Waals surface area contributed by atoms with Crippen LogP contribution in [-0.2, 0) is 0 Å². The zero-order valence-corrected chi connectivity index (χ0v) is 27.6. The Morgan fingerprint density at radius 3 is 1.53 bits per heavy atom. The molecule has 0 N–H and O–H groups in total. The molecule has 0 atom stereocenters. The van der Waals surface area contributed by atoms with Gasteiger partial charge in [0, 0.05) is 10.9 Å². The first-order chi connectivity index (χ1) is 25.3. The first kappa shape index (κ1) is 28.1. The third-order valence-electron chi connectivity index (χ3n) is 10.7. The summed E-state index contributed by atoms with van der Waals surface area (Å²) in [6.07, 6.45) is 0. The molecule has 0 radical (unpaired) electrons. The average Bonchev–Trinajstić information content (AvgIpc) is 3.65. The van der Waals surface area contributed by atoms with E-state index in [-0.39, 0.29) is 0 Å². The van der Waals surface area contributed by atoms with Gasteiger partial charge in [-0.1, -0.05) is 146 Å². The predicted molar refractivity (Wildman–Crippen MR) is 215 cm³/mol. The molecule has 236 valence electrons. The molecule has 51 heavy (non-hydrogen) atoms. The van der Waals surface area contributed by atoms with Crippen molar-refractivity contribution in [2.75, 3.05) is 0 Å². The minimum Gasteiger partial charge on any atom is -0.435 e. The normalized spacial score (nSPS) is 11.9. The van der Waals surface area contributed by atoms with Crippen molar-refractivity contribution in [3.8, 4) is 33.7 Å². The first-order valence-corrected chi connectivity index (χ1v) is 17.5. The van der Waals surface area contributed by atoms with E-state index in [9.17, 15) is 0 Å². The molecule has 2 heteroatoms. The molecule has 0 unspecified atom stereocenters. The molecule has 0 aliphatic heterocycles. The van der Waals surface area contributed by atoms with Gasteiger partial charge in [0.15, 0.2) is 5.58 Å². The highest BCUT2D eigenvalue weighted by Crippen LogP contribution is 2.41. The van der Waals surface area contributed by atoms with Crippen molar-refractivity contribution in [2.45, 2.75) is 0 Å². The van der Waals surface area contributed by atoms with Crippen LogP contribution in [0.25, 0.3) is 109 Å². The van der Waals surface area contributed by atoms with Crippen LogP contribution in [0, 0.1) is 0 Å². The van der Waals surface area contributed by atoms with Crippen LogP contribution in [-0.4, -0.2) is 4.98 Å². The molecule has 0 amide bonds. The van der Waals surface area contributed by atoms with Gasteiger partial charge in [0.1, 0.15) is 5.52 Å². The van der Waals surface area contributed by atoms with E-state index in [1.807, 2.05) is 30.3 Å². The molecule has 0 bridgehead atoms. The van der Waals surface area contributed by atoms with Crippen molar-refractivity contribution in [2.24, 2.45) is 0 Å². The molecule has 11 rings (SSSR count). The molecule has 0 saturated heterocycles. The average molecular weight is 648 g/mol. The largest absolute Gasteiger partial charge is 0.435 e. The summed E-state index contributed by atoms with van der Waals surface area (Å²) in [5.41, 5.74) is 7.50. The fourth-order valence-electron chi connectivity index (χ4n) is 8.28. The van der Waals surface area contributed by atoms with E-state index in [4.69, 9.17) is 9.40 Å². The number of benzene rings is 10. The van der Waals surface area contributed by atoms with Crippen LogP contribution in [0.4, 0.5) is 0 Å². The van der Waals surface area contributed by atoms with Crippen LogP contribution in [0.5, 0.6) is 0 Å². The zero-order chi connectivity index (χ0) is 33.5. The van der Waals surface area contributed by atoms with Gasteiger partial charge < -0.3 is 4.42 Å². The smallest absolute Gasteiger partial charge is 0.227 e. The van der Waals surface area contributed by atoms with Gasteiger partial charge in [-0.15, -0.1) is 0 Å². The standard InChI is InChI=1S/C49H29NO/c1-2-10-32(11-3-1)49-50-46-27-25-31-22-20-30-21-23-33(28-44(30)47(31)48(46)51-49)35-16-8-19-38-36(17-9-18-37(35)38)34-24-26-43-41-14-5-4-12-39(41)40-13-6-7-15-42(40)45(43)29-34/h1-29H. The Labute approximate surface area is 293 Å². The van der Waals surface area contributed by atoms with Crippen molar-refractivity contribution in [3.05, 3.63) is 176 Å². The van der Waals surface area contributed by atoms with Gasteiger partial charge in [-0.2, -0.15) is 0 Å². The third kappa shape index (κ3) is 4.27. The number of oxazole rings is 1. The molecule has 10 aromatic carbocycles. The number of hydrogen-bond donors (Lipinski definition) is 0. The summed E-state index contributed by atoms with van der Waals surface area (Å²) in [5.74, 6) is 0.641. The first-order valence-electron chi connectivity index (χ1n) is 17.5. The lowest BCUT2D eigenvalue weighted by Crippen LogP contribution is -1.88. The molecule has 0 spiro atoms. The Morgan fingerprint density at radius 1 is 0.333 bits per heavy atom. The van der Waals surface area contributed by atoms with Gasteiger partial charge in [0.2, 0.25) is 5.89 Å². The van der Waals surface area contributed by atoms with Crippen LogP contribution < -0.4 is 0 Å². The fraction of sp³-hybridized carbons (Fsp3) is 0. The van der Waals surface area contributed by atoms with Crippen LogP contribution in [0.2, 0.25) is 0 Å². The zero-order valence-electron chi connectivity index (χ0n) is 27.6. The number of fused-ring (bicyclic) bond motifs is 12. The van der Waals surface area contributed by atoms with E-state index < -0.39 is 0 Å². The summed E-state index contributed by atoms with van der Waals surface area (Å²) in [6, 6.07) is 63.5. The van der Waals surface area contributed by atoms with Crippen LogP contribution in [0.1, 0.15) is 0 Å². The van der Waals surface area contributed by atoms with Gasteiger partial charge in [0.05, 0.1) is 0 Å². The molecule has 0 aliphatic rings. The number of hydrogen-bond acceptors (Lipinski definition) is 2. The highest BCUT2D eigenvalue weighted by Gasteiger charge is 2.16. The fourth-order valence-corrected chi connectivity index (χ4v) is 8.28. The summed E-state index contributed by atoms with van der Waals surface area (Å²) in [4.78, 5) is 4.88. The summed E-state index contributed by atoms with van der Waals surface area (Å²) >= 11 is 0. The second kappa shape index (κ2) is 10.9. The van der Waals surface area contributed by atoms with E-state index in [1.165, 1.54) is 70.7 Å². The van der Waals surface area contributed by atoms with Crippen molar-refractivity contribution in [3.63, 3.8) is 0 Å². The van der Waals surface area contributed by atoms with Crippen LogP contribution in [0.15, 0.2) is 180 Å². The van der Waals surface area contributed by atoms with Gasteiger partial charge in [-0.25, -0.2) is 4.98 Å². The number of nitrogens with zero attached hydrogens (tertiary/aromatic N) is 1. The van der Waals surface area contributed by atoms with Gasteiger partial charge >= 0.3 is 0 Å². The Hall–Kier alpha value is -6.77. The monoisotopic (exact) mass is 647 g/mol. The summed E-state index contributed by atoms with van der Waals surface area (Å²) < 4.78 is 6.53. The topological polar surface area (TPSA) is 26.0 Å². The van der Waals surface area contributed by atoms with Crippen LogP contribution >= 0.6 is 0 Å². The van der Waals surface area contributed by atoms with Gasteiger partial charge in [0.25, 0.3) is 0 Å². The Morgan fingerprint density at radius 2 is 0.843 bits per heavy atom. The maximum absolute atomic E-state index is 6.53. The Balaban J connectivity index is 1.10. The highest BCUT2D eigenvalue weighted by atomic mass is 16.3. The van der Waals surface area contributed by atoms with Gasteiger partial charge in [-0.05, 0) is 112 Å². The van der Waals surface area contributed by atoms with Crippen molar-refractivity contribution >= 4 is 75.7 Å². The number of rotatable bonds is 3. The summed E-state index contributed by atoms with van der Waals surface area (Å²) in [7, 11) is 0. The molecular formula is C49H29NO. The quantitative estimate of drug-likeness (QED) is 0.178. The van der Waals surface area contributed by atoms with E-state index >= 15 is 0 Å². The number of aromatic nitrogens is 1. The highest BCUT2D eigenvalue weighted by molar-refractivity contribution is 6.26. The second-order valence-corrected chi connectivity index (χ2v) is 13.5. The maximum atomic E-state index is 6.53. The van der Waals surface area contributed by atoms with Crippen molar-refractivity contribution < 1.29 is 4.42 Å². The molecule has 1 heterocycles. The molecule has 2 nitrogen and oxygen atoms in total. The van der Waals surface area contributed by atoms with Crippen molar-refractivity contribution in [1.29, 1.82) is 0 Å². The third-order valence-corrected chi connectivity index (χ3v) is 10.7. The minimum absolute atomic E-state index is 0.641.